The number of ether oxygens (including phenoxy) is 1. The molecule has 0 aromatic heterocycles. The first-order valence-corrected chi connectivity index (χ1v) is 8.24. The summed E-state index contributed by atoms with van der Waals surface area (Å²) < 4.78 is 31.9. The van der Waals surface area contributed by atoms with Crippen LogP contribution in [-0.4, -0.2) is 26.8 Å². The molecule has 5 nitrogen and oxygen atoms in total. The van der Waals surface area contributed by atoms with E-state index >= 15 is 0 Å². The SMILES string of the molecule is CC(NS(=O)(=O)CCOc1ccc(N)cc1)C(C)(C)C. The van der Waals surface area contributed by atoms with Crippen molar-refractivity contribution in [2.75, 3.05) is 18.1 Å². The number of nitrogens with one attached hydrogen (secondary N) is 1. The molecule has 0 fully saturated rings. The zero-order chi connectivity index (χ0) is 15.4. The van der Waals surface area contributed by atoms with E-state index in [1.54, 1.807) is 24.3 Å². The Balaban J connectivity index is 2.46. The Morgan fingerprint density at radius 2 is 1.80 bits per heavy atom. The Labute approximate surface area is 121 Å². The molecule has 1 unspecified atom stereocenters. The van der Waals surface area contributed by atoms with Crippen LogP contribution in [0.15, 0.2) is 24.3 Å². The number of hydrogen-bond acceptors (Lipinski definition) is 4. The summed E-state index contributed by atoms with van der Waals surface area (Å²) in [6.45, 7) is 7.94. The van der Waals surface area contributed by atoms with Crippen LogP contribution in [0, 0.1) is 5.41 Å². The van der Waals surface area contributed by atoms with Gasteiger partial charge in [-0.1, -0.05) is 20.8 Å². The van der Waals surface area contributed by atoms with E-state index in [2.05, 4.69) is 4.72 Å². The highest BCUT2D eigenvalue weighted by Crippen LogP contribution is 2.19. The second kappa shape index (κ2) is 6.45. The molecular formula is C14H24N2O3S. The van der Waals surface area contributed by atoms with Crippen LogP contribution in [0.3, 0.4) is 0 Å². The molecule has 0 amide bonds. The first-order valence-electron chi connectivity index (χ1n) is 6.58. The zero-order valence-electron chi connectivity index (χ0n) is 12.5. The summed E-state index contributed by atoms with van der Waals surface area (Å²) in [7, 11) is -3.34. The third-order valence-corrected chi connectivity index (χ3v) is 4.57. The van der Waals surface area contributed by atoms with Crippen molar-refractivity contribution in [3.63, 3.8) is 0 Å². The van der Waals surface area contributed by atoms with Gasteiger partial charge in [0, 0.05) is 11.7 Å². The Morgan fingerprint density at radius 1 is 1.25 bits per heavy atom. The Hall–Kier alpha value is -1.27. The van der Waals surface area contributed by atoms with Gasteiger partial charge in [-0.15, -0.1) is 0 Å². The smallest absolute Gasteiger partial charge is 0.215 e. The fraction of sp³-hybridized carbons (Fsp3) is 0.571. The van der Waals surface area contributed by atoms with Crippen LogP contribution in [0.25, 0.3) is 0 Å². The van der Waals surface area contributed by atoms with Crippen molar-refractivity contribution < 1.29 is 13.2 Å². The lowest BCUT2D eigenvalue weighted by molar-refractivity contribution is 0.313. The van der Waals surface area contributed by atoms with E-state index in [0.717, 1.165) is 0 Å². The summed E-state index contributed by atoms with van der Waals surface area (Å²) >= 11 is 0. The molecule has 6 heteroatoms. The molecule has 20 heavy (non-hydrogen) atoms. The fourth-order valence-corrected chi connectivity index (χ4v) is 2.65. The number of hydrogen-bond donors (Lipinski definition) is 2. The van der Waals surface area contributed by atoms with Gasteiger partial charge in [0.25, 0.3) is 0 Å². The molecule has 0 aliphatic heterocycles. The van der Waals surface area contributed by atoms with Crippen molar-refractivity contribution in [2.45, 2.75) is 33.7 Å². The first-order chi connectivity index (χ1) is 9.10. The lowest BCUT2D eigenvalue weighted by Crippen LogP contribution is -2.43. The maximum Gasteiger partial charge on any atom is 0.215 e. The molecule has 114 valence electrons. The topological polar surface area (TPSA) is 81.4 Å². The predicted octanol–water partition coefficient (Wildman–Crippen LogP) is 2.00. The lowest BCUT2D eigenvalue weighted by atomic mass is 9.89. The van der Waals surface area contributed by atoms with Crippen molar-refractivity contribution >= 4 is 15.7 Å². The number of anilines is 1. The quantitative estimate of drug-likeness (QED) is 0.787. The second-order valence-corrected chi connectivity index (χ2v) is 7.82. The molecule has 0 aliphatic rings. The second-order valence-electron chi connectivity index (χ2n) is 5.94. The summed E-state index contributed by atoms with van der Waals surface area (Å²) in [5.74, 6) is 0.538. The van der Waals surface area contributed by atoms with Crippen molar-refractivity contribution in [2.24, 2.45) is 5.41 Å². The summed E-state index contributed by atoms with van der Waals surface area (Å²) in [6, 6.07) is 6.72. The van der Waals surface area contributed by atoms with Gasteiger partial charge >= 0.3 is 0 Å². The van der Waals surface area contributed by atoms with Gasteiger partial charge in [0.15, 0.2) is 0 Å². The van der Waals surface area contributed by atoms with E-state index in [0.29, 0.717) is 11.4 Å². The van der Waals surface area contributed by atoms with Gasteiger partial charge < -0.3 is 10.5 Å². The van der Waals surface area contributed by atoms with Crippen LogP contribution in [0.1, 0.15) is 27.7 Å². The highest BCUT2D eigenvalue weighted by atomic mass is 32.2. The standard InChI is InChI=1S/C14H24N2O3S/c1-11(14(2,3)4)16-20(17,18)10-9-19-13-7-5-12(15)6-8-13/h5-8,11,16H,9-10,15H2,1-4H3. The van der Waals surface area contributed by atoms with Gasteiger partial charge in [-0.05, 0) is 36.6 Å². The van der Waals surface area contributed by atoms with Gasteiger partial charge in [0.05, 0.1) is 5.75 Å². The van der Waals surface area contributed by atoms with E-state index < -0.39 is 10.0 Å². The van der Waals surface area contributed by atoms with Crippen LogP contribution in [-0.2, 0) is 10.0 Å². The van der Waals surface area contributed by atoms with Gasteiger partial charge in [0.2, 0.25) is 10.0 Å². The molecule has 0 saturated carbocycles. The van der Waals surface area contributed by atoms with Gasteiger partial charge in [-0.25, -0.2) is 13.1 Å². The van der Waals surface area contributed by atoms with Gasteiger partial charge in [-0.3, -0.25) is 0 Å². The van der Waals surface area contributed by atoms with Crippen LogP contribution in [0.4, 0.5) is 5.69 Å². The summed E-state index contributed by atoms with van der Waals surface area (Å²) in [5.41, 5.74) is 6.08. The molecule has 1 rings (SSSR count). The van der Waals surface area contributed by atoms with Crippen LogP contribution in [0.2, 0.25) is 0 Å². The maximum atomic E-state index is 11.9. The monoisotopic (exact) mass is 300 g/mol. The molecule has 0 bridgehead atoms. The average Bonchev–Trinajstić information content (AvgIpc) is 2.29. The summed E-state index contributed by atoms with van der Waals surface area (Å²) in [6.07, 6.45) is 0. The Bertz CT molecular complexity index is 518. The fourth-order valence-electron chi connectivity index (χ4n) is 1.34. The zero-order valence-corrected chi connectivity index (χ0v) is 13.3. The number of sulfonamides is 1. The first kappa shape index (κ1) is 16.8. The highest BCUT2D eigenvalue weighted by molar-refractivity contribution is 7.89. The molecule has 0 spiro atoms. The van der Waals surface area contributed by atoms with Crippen molar-refractivity contribution in [1.82, 2.24) is 4.72 Å². The van der Waals surface area contributed by atoms with Crippen molar-refractivity contribution in [1.29, 1.82) is 0 Å². The minimum absolute atomic E-state index is 0.0716. The molecule has 1 aromatic carbocycles. The molecular weight excluding hydrogens is 276 g/mol. The molecule has 0 heterocycles. The number of benzene rings is 1. The van der Waals surface area contributed by atoms with Gasteiger partial charge in [-0.2, -0.15) is 0 Å². The molecule has 3 N–H and O–H groups in total. The van der Waals surface area contributed by atoms with Crippen LogP contribution < -0.4 is 15.2 Å². The van der Waals surface area contributed by atoms with Crippen molar-refractivity contribution in [3.8, 4) is 5.75 Å². The third kappa shape index (κ3) is 5.79. The Morgan fingerprint density at radius 3 is 2.30 bits per heavy atom. The molecule has 1 atom stereocenters. The molecule has 0 radical (unpaired) electrons. The van der Waals surface area contributed by atoms with Crippen LogP contribution >= 0.6 is 0 Å². The van der Waals surface area contributed by atoms with Crippen molar-refractivity contribution in [3.05, 3.63) is 24.3 Å². The average molecular weight is 300 g/mol. The normalized spacial score (nSPS) is 14.0. The van der Waals surface area contributed by atoms with Crippen LogP contribution in [0.5, 0.6) is 5.75 Å². The van der Waals surface area contributed by atoms with Gasteiger partial charge in [0.1, 0.15) is 12.4 Å². The number of nitrogens with two attached hydrogens (primary N) is 1. The van der Waals surface area contributed by atoms with E-state index in [1.165, 1.54) is 0 Å². The predicted molar refractivity (Wildman–Crippen MR) is 82.2 cm³/mol. The maximum absolute atomic E-state index is 11.9. The van der Waals surface area contributed by atoms with E-state index in [1.807, 2.05) is 27.7 Å². The van der Waals surface area contributed by atoms with E-state index in [9.17, 15) is 8.42 Å². The third-order valence-electron chi connectivity index (χ3n) is 3.16. The molecule has 0 saturated heterocycles. The largest absolute Gasteiger partial charge is 0.492 e. The minimum atomic E-state index is -3.34. The van der Waals surface area contributed by atoms with E-state index in [-0.39, 0.29) is 23.8 Å². The Kier molecular flexibility index (Phi) is 5.42. The summed E-state index contributed by atoms with van der Waals surface area (Å²) in [4.78, 5) is 0. The molecule has 1 aromatic rings. The highest BCUT2D eigenvalue weighted by Gasteiger charge is 2.24. The number of rotatable bonds is 6. The summed E-state index contributed by atoms with van der Waals surface area (Å²) in [5, 5.41) is 0. The number of nitrogen functional groups attached to an aromatic ring is 1. The van der Waals surface area contributed by atoms with E-state index in [4.69, 9.17) is 10.5 Å². The minimum Gasteiger partial charge on any atom is -0.492 e. The molecule has 0 aliphatic carbocycles. The lowest BCUT2D eigenvalue weighted by Gasteiger charge is -2.27.